The highest BCUT2D eigenvalue weighted by atomic mass is 127. The van der Waals surface area contributed by atoms with Crippen LogP contribution in [0.1, 0.15) is 19.3 Å². The molecule has 102 valence electrons. The molecule has 1 aromatic heterocycles. The molecule has 1 aromatic carbocycles. The maximum Gasteiger partial charge on any atom is 0.178 e. The van der Waals surface area contributed by atoms with Gasteiger partial charge in [-0.05, 0) is 78.2 Å². The van der Waals surface area contributed by atoms with Crippen molar-refractivity contribution in [1.82, 2.24) is 9.55 Å². The Bertz CT molecular complexity index is 630. The molecule has 0 bridgehead atoms. The number of nitrogens with one attached hydrogen (secondary N) is 1. The number of hydrogen-bond donors (Lipinski definition) is 1. The molecule has 0 amide bonds. The second-order valence-electron chi connectivity index (χ2n) is 5.12. The van der Waals surface area contributed by atoms with Crippen LogP contribution in [0, 0.1) is 14.3 Å². The molecule has 3 nitrogen and oxygen atoms in total. The van der Waals surface area contributed by atoms with Crippen LogP contribution in [-0.4, -0.2) is 22.8 Å². The second-order valence-corrected chi connectivity index (χ2v) is 6.75. The molecule has 1 N–H and O–H groups in total. The van der Waals surface area contributed by atoms with Crippen molar-refractivity contribution in [3.8, 4) is 0 Å². The monoisotopic (exact) mass is 388 g/mol. The number of aryl methyl sites for hydroxylation is 1. The van der Waals surface area contributed by atoms with Gasteiger partial charge >= 0.3 is 0 Å². The normalized spacial score (nSPS) is 15.2. The predicted molar refractivity (Wildman–Crippen MR) is 88.0 cm³/mol. The molecule has 0 atom stereocenters. The van der Waals surface area contributed by atoms with E-state index in [-0.39, 0.29) is 0 Å². The van der Waals surface area contributed by atoms with Crippen LogP contribution < -0.4 is 0 Å². The average molecular weight is 388 g/mol. The van der Waals surface area contributed by atoms with Gasteiger partial charge in [-0.1, -0.05) is 0 Å². The van der Waals surface area contributed by atoms with E-state index in [1.54, 1.807) is 0 Å². The molecule has 0 saturated heterocycles. The molecule has 1 fully saturated rings. The van der Waals surface area contributed by atoms with Crippen LogP contribution in [0.4, 0.5) is 0 Å². The van der Waals surface area contributed by atoms with Crippen molar-refractivity contribution in [2.24, 2.45) is 5.92 Å². The lowest BCUT2D eigenvalue weighted by atomic mass is 10.3. The van der Waals surface area contributed by atoms with Crippen LogP contribution in [0.2, 0.25) is 0 Å². The quantitative estimate of drug-likeness (QED) is 0.459. The van der Waals surface area contributed by atoms with E-state index in [0.29, 0.717) is 0 Å². The lowest BCUT2D eigenvalue weighted by Gasteiger charge is -2.05. The van der Waals surface area contributed by atoms with Crippen molar-refractivity contribution in [3.63, 3.8) is 0 Å². The second kappa shape index (κ2) is 5.93. The zero-order valence-electron chi connectivity index (χ0n) is 10.7. The average Bonchev–Trinajstić information content (AvgIpc) is 3.14. The van der Waals surface area contributed by atoms with Gasteiger partial charge in [-0.3, -0.25) is 0 Å². The molecule has 1 heterocycles. The Morgan fingerprint density at radius 1 is 1.42 bits per heavy atom. The van der Waals surface area contributed by atoms with Crippen molar-refractivity contribution >= 4 is 45.8 Å². The predicted octanol–water partition coefficient (Wildman–Crippen LogP) is 4.12. The highest BCUT2D eigenvalue weighted by Gasteiger charge is 2.20. The Morgan fingerprint density at radius 2 is 2.26 bits per heavy atom. The smallest absolute Gasteiger partial charge is 0.178 e. The third-order valence-corrected chi connectivity index (χ3v) is 4.45. The molecule has 0 unspecified atom stereocenters. The van der Waals surface area contributed by atoms with Gasteiger partial charge in [0, 0.05) is 23.3 Å². The lowest BCUT2D eigenvalue weighted by molar-refractivity contribution is 0.119. The van der Waals surface area contributed by atoms with Crippen molar-refractivity contribution < 1.29 is 4.74 Å². The summed E-state index contributed by atoms with van der Waals surface area (Å²) >= 11 is 7.71. The molecular weight excluding hydrogens is 371 g/mol. The van der Waals surface area contributed by atoms with E-state index in [2.05, 4.69) is 50.3 Å². The molecule has 0 aliphatic heterocycles. The zero-order chi connectivity index (χ0) is 13.2. The van der Waals surface area contributed by atoms with Crippen molar-refractivity contribution in [3.05, 3.63) is 26.5 Å². The number of imidazole rings is 1. The third kappa shape index (κ3) is 3.38. The molecule has 3 rings (SSSR count). The number of aromatic nitrogens is 2. The van der Waals surface area contributed by atoms with Gasteiger partial charge in [0.25, 0.3) is 0 Å². The van der Waals surface area contributed by atoms with E-state index in [1.165, 1.54) is 21.9 Å². The Hall–Kier alpha value is -0.400. The fourth-order valence-corrected chi connectivity index (χ4v) is 3.01. The lowest BCUT2D eigenvalue weighted by Crippen LogP contribution is -2.04. The number of hydrogen-bond acceptors (Lipinski definition) is 2. The Labute approximate surface area is 131 Å². The highest BCUT2D eigenvalue weighted by Crippen LogP contribution is 2.28. The van der Waals surface area contributed by atoms with Crippen molar-refractivity contribution in [2.75, 3.05) is 13.2 Å². The largest absolute Gasteiger partial charge is 0.381 e. The van der Waals surface area contributed by atoms with Crippen LogP contribution in [0.5, 0.6) is 0 Å². The molecule has 1 saturated carbocycles. The first-order valence-corrected chi connectivity index (χ1v) is 8.18. The van der Waals surface area contributed by atoms with Crippen molar-refractivity contribution in [2.45, 2.75) is 25.8 Å². The minimum absolute atomic E-state index is 0.805. The molecule has 19 heavy (non-hydrogen) atoms. The van der Waals surface area contributed by atoms with Gasteiger partial charge in [0.05, 0.1) is 11.0 Å². The number of halogens is 1. The summed E-state index contributed by atoms with van der Waals surface area (Å²) in [5, 5.41) is 0. The fraction of sp³-hybridized carbons (Fsp3) is 0.500. The maximum absolute atomic E-state index is 5.67. The highest BCUT2D eigenvalue weighted by molar-refractivity contribution is 14.1. The van der Waals surface area contributed by atoms with Gasteiger partial charge in [0.2, 0.25) is 0 Å². The molecule has 1 aliphatic carbocycles. The van der Waals surface area contributed by atoms with Crippen LogP contribution in [0.3, 0.4) is 0 Å². The summed E-state index contributed by atoms with van der Waals surface area (Å²) in [5.74, 6) is 0.845. The van der Waals surface area contributed by atoms with Crippen molar-refractivity contribution in [1.29, 1.82) is 0 Å². The number of ether oxygens (including phenoxy) is 1. The van der Waals surface area contributed by atoms with Gasteiger partial charge in [-0.2, -0.15) is 0 Å². The standard InChI is InChI=1S/C14H17IN2OS/c15-11-4-5-13-12(8-11)16-14(19)17(13)6-1-7-18-9-10-2-3-10/h4-5,8,10H,1-3,6-7,9H2,(H,16,19). The number of rotatable bonds is 6. The maximum atomic E-state index is 5.67. The van der Waals surface area contributed by atoms with Gasteiger partial charge in [-0.15, -0.1) is 0 Å². The minimum atomic E-state index is 0.805. The Kier molecular flexibility index (Phi) is 4.24. The molecule has 0 spiro atoms. The first-order chi connectivity index (χ1) is 9.24. The summed E-state index contributed by atoms with van der Waals surface area (Å²) in [6, 6.07) is 6.38. The number of nitrogens with zero attached hydrogens (tertiary/aromatic N) is 1. The first-order valence-electron chi connectivity index (χ1n) is 6.70. The van der Waals surface area contributed by atoms with E-state index in [9.17, 15) is 0 Å². The summed E-state index contributed by atoms with van der Waals surface area (Å²) in [7, 11) is 0. The van der Waals surface area contributed by atoms with Gasteiger partial charge in [-0.25, -0.2) is 0 Å². The number of aromatic amines is 1. The zero-order valence-corrected chi connectivity index (χ0v) is 13.7. The number of benzene rings is 1. The molecule has 2 aromatic rings. The first kappa shape index (κ1) is 13.6. The van der Waals surface area contributed by atoms with E-state index < -0.39 is 0 Å². The van der Waals surface area contributed by atoms with Crippen LogP contribution in [0.15, 0.2) is 18.2 Å². The number of H-pyrrole nitrogens is 1. The topological polar surface area (TPSA) is 29.9 Å². The van der Waals surface area contributed by atoms with Gasteiger partial charge in [0.1, 0.15) is 0 Å². The van der Waals surface area contributed by atoms with E-state index >= 15 is 0 Å². The summed E-state index contributed by atoms with van der Waals surface area (Å²) in [6.07, 6.45) is 3.72. The Balaban J connectivity index is 1.62. The van der Waals surface area contributed by atoms with Crippen LogP contribution in [0.25, 0.3) is 11.0 Å². The summed E-state index contributed by atoms with van der Waals surface area (Å²) in [4.78, 5) is 3.27. The fourth-order valence-electron chi connectivity index (χ4n) is 2.22. The SMILES string of the molecule is S=c1[nH]c2cc(I)ccc2n1CCCOCC1CC1. The number of fused-ring (bicyclic) bond motifs is 1. The van der Waals surface area contributed by atoms with Crippen LogP contribution in [-0.2, 0) is 11.3 Å². The summed E-state index contributed by atoms with van der Waals surface area (Å²) < 4.78 is 9.86. The Morgan fingerprint density at radius 3 is 3.05 bits per heavy atom. The summed E-state index contributed by atoms with van der Waals surface area (Å²) in [5.41, 5.74) is 2.31. The third-order valence-electron chi connectivity index (χ3n) is 3.46. The van der Waals surface area contributed by atoms with Gasteiger partial charge < -0.3 is 14.3 Å². The van der Waals surface area contributed by atoms with Gasteiger partial charge in [0.15, 0.2) is 4.77 Å². The molecule has 0 radical (unpaired) electrons. The molecular formula is C14H17IN2OS. The minimum Gasteiger partial charge on any atom is -0.381 e. The van der Waals surface area contributed by atoms with E-state index in [4.69, 9.17) is 17.0 Å². The van der Waals surface area contributed by atoms with E-state index in [1.807, 2.05) is 0 Å². The van der Waals surface area contributed by atoms with E-state index in [0.717, 1.165) is 42.4 Å². The molecule has 1 aliphatic rings. The molecule has 5 heteroatoms. The van der Waals surface area contributed by atoms with Crippen LogP contribution >= 0.6 is 34.8 Å². The summed E-state index contributed by atoms with van der Waals surface area (Å²) in [6.45, 7) is 2.69.